The van der Waals surface area contributed by atoms with E-state index in [0.717, 1.165) is 0 Å². The summed E-state index contributed by atoms with van der Waals surface area (Å²) in [5, 5.41) is 3.44. The first-order valence-electron chi connectivity index (χ1n) is 6.03. The summed E-state index contributed by atoms with van der Waals surface area (Å²) in [5.74, 6) is 0. The zero-order valence-electron chi connectivity index (χ0n) is 11.2. The van der Waals surface area contributed by atoms with Crippen molar-refractivity contribution in [2.75, 3.05) is 7.05 Å². The lowest BCUT2D eigenvalue weighted by Gasteiger charge is -2.19. The molecule has 0 bridgehead atoms. The van der Waals surface area contributed by atoms with Gasteiger partial charge in [-0.3, -0.25) is 0 Å². The van der Waals surface area contributed by atoms with Gasteiger partial charge in [0.05, 0.1) is 6.04 Å². The second kappa shape index (κ2) is 5.55. The van der Waals surface area contributed by atoms with E-state index in [1.54, 1.807) is 0 Å². The lowest BCUT2D eigenvalue weighted by Crippen LogP contribution is -2.18. The highest BCUT2D eigenvalue weighted by atomic mass is 79.9. The smallest absolute Gasteiger partial charge is 0.0682 e. The van der Waals surface area contributed by atoms with Gasteiger partial charge in [-0.25, -0.2) is 0 Å². The molecule has 0 saturated carbocycles. The van der Waals surface area contributed by atoms with E-state index in [1.165, 1.54) is 30.9 Å². The second-order valence-electron chi connectivity index (χ2n) is 4.58. The summed E-state index contributed by atoms with van der Waals surface area (Å²) in [5.41, 5.74) is 4.08. The molecule has 0 aliphatic rings. The van der Waals surface area contributed by atoms with Crippen molar-refractivity contribution >= 4 is 27.3 Å². The molecule has 18 heavy (non-hydrogen) atoms. The number of aryl methyl sites for hydroxylation is 2. The zero-order chi connectivity index (χ0) is 13.3. The number of rotatable bonds is 3. The van der Waals surface area contributed by atoms with Crippen LogP contribution in [0.15, 0.2) is 28.7 Å². The molecular formula is C15H18BrNS. The Labute approximate surface area is 121 Å². The van der Waals surface area contributed by atoms with Gasteiger partial charge < -0.3 is 5.32 Å². The van der Waals surface area contributed by atoms with Crippen LogP contribution in [0.1, 0.15) is 32.5 Å². The van der Waals surface area contributed by atoms with Crippen LogP contribution in [0, 0.1) is 20.8 Å². The summed E-state index contributed by atoms with van der Waals surface area (Å²) in [4.78, 5) is 2.69. The average molecular weight is 324 g/mol. The number of hydrogen-bond acceptors (Lipinski definition) is 2. The van der Waals surface area contributed by atoms with Crippen LogP contribution >= 0.6 is 27.3 Å². The Morgan fingerprint density at radius 2 is 1.94 bits per heavy atom. The molecule has 1 aromatic heterocycles. The summed E-state index contributed by atoms with van der Waals surface area (Å²) in [6.07, 6.45) is 0. The molecule has 0 aliphatic heterocycles. The van der Waals surface area contributed by atoms with Crippen LogP contribution in [0.25, 0.3) is 0 Å². The minimum Gasteiger partial charge on any atom is -0.309 e. The summed E-state index contributed by atoms with van der Waals surface area (Å²) < 4.78 is 1.20. The molecule has 0 aliphatic carbocycles. The van der Waals surface area contributed by atoms with E-state index in [-0.39, 0.29) is 6.04 Å². The van der Waals surface area contributed by atoms with Gasteiger partial charge in [-0.05, 0) is 66.5 Å². The van der Waals surface area contributed by atoms with Crippen LogP contribution in [0.4, 0.5) is 0 Å². The first-order chi connectivity index (χ1) is 8.54. The molecule has 0 saturated heterocycles. The van der Waals surface area contributed by atoms with Crippen molar-refractivity contribution in [1.82, 2.24) is 5.32 Å². The number of thiophene rings is 1. The number of hydrogen-bond donors (Lipinski definition) is 1. The van der Waals surface area contributed by atoms with E-state index in [9.17, 15) is 0 Å². The molecule has 1 nitrogen and oxygen atoms in total. The zero-order valence-corrected chi connectivity index (χ0v) is 13.6. The van der Waals surface area contributed by atoms with Crippen LogP contribution in [-0.2, 0) is 0 Å². The minimum absolute atomic E-state index is 0.262. The maximum Gasteiger partial charge on any atom is 0.0682 e. The van der Waals surface area contributed by atoms with E-state index in [0.29, 0.717) is 0 Å². The summed E-state index contributed by atoms with van der Waals surface area (Å²) in [6, 6.07) is 8.97. The molecule has 1 atom stereocenters. The molecule has 0 fully saturated rings. The van der Waals surface area contributed by atoms with Gasteiger partial charge in [0.1, 0.15) is 0 Å². The van der Waals surface area contributed by atoms with E-state index in [4.69, 9.17) is 0 Å². The third-order valence-electron chi connectivity index (χ3n) is 3.34. The van der Waals surface area contributed by atoms with E-state index < -0.39 is 0 Å². The molecule has 0 amide bonds. The van der Waals surface area contributed by atoms with Gasteiger partial charge >= 0.3 is 0 Å². The number of nitrogens with one attached hydrogen (secondary N) is 1. The van der Waals surface area contributed by atoms with Crippen LogP contribution in [0.2, 0.25) is 0 Å². The Kier molecular flexibility index (Phi) is 4.25. The predicted molar refractivity (Wildman–Crippen MR) is 83.6 cm³/mol. The average Bonchev–Trinajstić information content (AvgIpc) is 2.65. The normalized spacial score (nSPS) is 12.7. The van der Waals surface area contributed by atoms with Crippen LogP contribution in [0.5, 0.6) is 0 Å². The first-order valence-corrected chi connectivity index (χ1v) is 7.64. The summed E-state index contributed by atoms with van der Waals surface area (Å²) in [7, 11) is 2.02. The number of benzene rings is 1. The quantitative estimate of drug-likeness (QED) is 0.859. The Balaban J connectivity index is 2.52. The van der Waals surface area contributed by atoms with Crippen molar-refractivity contribution in [2.24, 2.45) is 0 Å². The van der Waals surface area contributed by atoms with Crippen molar-refractivity contribution in [3.05, 3.63) is 55.2 Å². The molecule has 0 spiro atoms. The Morgan fingerprint density at radius 1 is 1.22 bits per heavy atom. The Bertz CT molecular complexity index is 560. The van der Waals surface area contributed by atoms with E-state index >= 15 is 0 Å². The molecule has 1 N–H and O–H groups in total. The molecule has 1 aromatic carbocycles. The first kappa shape index (κ1) is 13.8. The van der Waals surface area contributed by atoms with Crippen LogP contribution < -0.4 is 5.32 Å². The van der Waals surface area contributed by atoms with Crippen molar-refractivity contribution in [3.63, 3.8) is 0 Å². The standard InChI is InChI=1S/C15H18BrNS/c1-9-6-5-7-12(11(9)3)14(17-4)15-13(16)8-10(2)18-15/h5-8,14,17H,1-4H3. The lowest BCUT2D eigenvalue weighted by atomic mass is 9.96. The SMILES string of the molecule is CNC(c1cccc(C)c1C)c1sc(C)cc1Br. The van der Waals surface area contributed by atoms with Gasteiger partial charge in [-0.2, -0.15) is 0 Å². The second-order valence-corrected chi connectivity index (χ2v) is 6.72. The van der Waals surface area contributed by atoms with Crippen molar-refractivity contribution in [1.29, 1.82) is 0 Å². The topological polar surface area (TPSA) is 12.0 Å². The summed E-state index contributed by atoms with van der Waals surface area (Å²) >= 11 is 5.52. The lowest BCUT2D eigenvalue weighted by molar-refractivity contribution is 0.696. The highest BCUT2D eigenvalue weighted by Gasteiger charge is 2.19. The maximum absolute atomic E-state index is 3.67. The number of halogens is 1. The molecule has 0 radical (unpaired) electrons. The summed E-state index contributed by atoms with van der Waals surface area (Å²) in [6.45, 7) is 6.51. The van der Waals surface area contributed by atoms with Gasteiger partial charge in [-0.1, -0.05) is 18.2 Å². The molecule has 96 valence electrons. The fourth-order valence-corrected chi connectivity index (χ4v) is 4.22. The third kappa shape index (κ3) is 2.53. The van der Waals surface area contributed by atoms with E-state index in [1.807, 2.05) is 18.4 Å². The van der Waals surface area contributed by atoms with Crippen molar-refractivity contribution < 1.29 is 0 Å². The molecule has 2 rings (SSSR count). The van der Waals surface area contributed by atoms with Gasteiger partial charge in [0.25, 0.3) is 0 Å². The predicted octanol–water partition coefficient (Wildman–Crippen LogP) is 4.74. The van der Waals surface area contributed by atoms with Gasteiger partial charge in [0, 0.05) is 14.2 Å². The van der Waals surface area contributed by atoms with Crippen molar-refractivity contribution in [3.8, 4) is 0 Å². The molecular weight excluding hydrogens is 306 g/mol. The Morgan fingerprint density at radius 3 is 2.50 bits per heavy atom. The third-order valence-corrected chi connectivity index (χ3v) is 5.38. The van der Waals surface area contributed by atoms with E-state index in [2.05, 4.69) is 66.3 Å². The van der Waals surface area contributed by atoms with Gasteiger partial charge in [0.2, 0.25) is 0 Å². The minimum atomic E-state index is 0.262. The maximum atomic E-state index is 3.67. The van der Waals surface area contributed by atoms with Crippen LogP contribution in [0.3, 0.4) is 0 Å². The van der Waals surface area contributed by atoms with Gasteiger partial charge in [0.15, 0.2) is 0 Å². The van der Waals surface area contributed by atoms with Crippen LogP contribution in [-0.4, -0.2) is 7.05 Å². The fourth-order valence-electron chi connectivity index (χ4n) is 2.21. The highest BCUT2D eigenvalue weighted by molar-refractivity contribution is 9.10. The molecule has 1 heterocycles. The van der Waals surface area contributed by atoms with Crippen molar-refractivity contribution in [2.45, 2.75) is 26.8 Å². The molecule has 1 unspecified atom stereocenters. The Hall–Kier alpha value is -0.640. The molecule has 3 heteroatoms. The van der Waals surface area contributed by atoms with Gasteiger partial charge in [-0.15, -0.1) is 11.3 Å². The highest BCUT2D eigenvalue weighted by Crippen LogP contribution is 2.36. The largest absolute Gasteiger partial charge is 0.309 e. The monoisotopic (exact) mass is 323 g/mol. The molecule has 2 aromatic rings. The fraction of sp³-hybridized carbons (Fsp3) is 0.333.